The SMILES string of the molecule is O=C(O)CC=Cc1ccc(C(F)(F)F)c(Cl)c1. The van der Waals surface area contributed by atoms with Crippen molar-refractivity contribution in [1.82, 2.24) is 0 Å². The monoisotopic (exact) mass is 264 g/mol. The lowest BCUT2D eigenvalue weighted by atomic mass is 10.1. The molecular formula is C11H8ClF3O2. The number of carboxylic acids is 1. The van der Waals surface area contributed by atoms with Crippen LogP contribution in [0.3, 0.4) is 0 Å². The molecule has 1 N–H and O–H groups in total. The molecule has 0 heterocycles. The Labute approximate surface area is 100 Å². The van der Waals surface area contributed by atoms with Crippen molar-refractivity contribution in [3.63, 3.8) is 0 Å². The lowest BCUT2D eigenvalue weighted by Crippen LogP contribution is -2.05. The maximum atomic E-state index is 12.4. The van der Waals surface area contributed by atoms with Crippen LogP contribution < -0.4 is 0 Å². The van der Waals surface area contributed by atoms with E-state index in [0.29, 0.717) is 5.56 Å². The largest absolute Gasteiger partial charge is 0.481 e. The van der Waals surface area contributed by atoms with Crippen LogP contribution in [0.5, 0.6) is 0 Å². The first-order valence-electron chi connectivity index (χ1n) is 4.56. The Balaban J connectivity index is 2.90. The second-order valence-corrected chi connectivity index (χ2v) is 3.64. The van der Waals surface area contributed by atoms with Crippen LogP contribution in [0.4, 0.5) is 13.2 Å². The molecule has 0 unspecified atom stereocenters. The van der Waals surface area contributed by atoms with E-state index >= 15 is 0 Å². The molecule has 0 spiro atoms. The van der Waals surface area contributed by atoms with Crippen LogP contribution in [-0.4, -0.2) is 11.1 Å². The summed E-state index contributed by atoms with van der Waals surface area (Å²) < 4.78 is 37.1. The molecule has 0 atom stereocenters. The number of carboxylic acid groups (broad SMARTS) is 1. The lowest BCUT2D eigenvalue weighted by molar-refractivity contribution is -0.137. The fourth-order valence-electron chi connectivity index (χ4n) is 1.16. The Bertz CT molecular complexity index is 453. The minimum Gasteiger partial charge on any atom is -0.481 e. The van der Waals surface area contributed by atoms with Crippen LogP contribution in [0.25, 0.3) is 6.08 Å². The summed E-state index contributed by atoms with van der Waals surface area (Å²) in [5.41, 5.74) is -0.487. The molecule has 92 valence electrons. The smallest absolute Gasteiger partial charge is 0.417 e. The Morgan fingerprint density at radius 3 is 2.53 bits per heavy atom. The highest BCUT2D eigenvalue weighted by Crippen LogP contribution is 2.35. The molecule has 6 heteroatoms. The minimum absolute atomic E-state index is 0.196. The van der Waals surface area contributed by atoms with E-state index in [9.17, 15) is 18.0 Å². The van der Waals surface area contributed by atoms with E-state index in [4.69, 9.17) is 16.7 Å². The van der Waals surface area contributed by atoms with Gasteiger partial charge >= 0.3 is 12.1 Å². The van der Waals surface area contributed by atoms with Crippen molar-refractivity contribution in [2.24, 2.45) is 0 Å². The normalized spacial score (nSPS) is 12.0. The van der Waals surface area contributed by atoms with E-state index in [-0.39, 0.29) is 6.42 Å². The molecule has 17 heavy (non-hydrogen) atoms. The molecule has 1 rings (SSSR count). The van der Waals surface area contributed by atoms with Gasteiger partial charge in [0.15, 0.2) is 0 Å². The van der Waals surface area contributed by atoms with Crippen molar-refractivity contribution in [1.29, 1.82) is 0 Å². The van der Waals surface area contributed by atoms with Gasteiger partial charge in [0.25, 0.3) is 0 Å². The summed E-state index contributed by atoms with van der Waals surface area (Å²) in [6, 6.07) is 3.23. The molecule has 0 amide bonds. The number of aliphatic carboxylic acids is 1. The van der Waals surface area contributed by atoms with E-state index in [1.54, 1.807) is 0 Å². The fourth-order valence-corrected chi connectivity index (χ4v) is 1.46. The number of rotatable bonds is 3. The van der Waals surface area contributed by atoms with Gasteiger partial charge in [0.05, 0.1) is 17.0 Å². The first-order valence-corrected chi connectivity index (χ1v) is 4.93. The number of carbonyl (C=O) groups is 1. The fraction of sp³-hybridized carbons (Fsp3) is 0.182. The van der Waals surface area contributed by atoms with Gasteiger partial charge in [-0.25, -0.2) is 0 Å². The second-order valence-electron chi connectivity index (χ2n) is 3.24. The third kappa shape index (κ3) is 4.11. The Kier molecular flexibility index (Phi) is 4.17. The Hall–Kier alpha value is -1.49. The van der Waals surface area contributed by atoms with Gasteiger partial charge in [-0.1, -0.05) is 29.8 Å². The highest BCUT2D eigenvalue weighted by atomic mass is 35.5. The molecule has 0 saturated carbocycles. The zero-order valence-corrected chi connectivity index (χ0v) is 9.22. The van der Waals surface area contributed by atoms with Gasteiger partial charge in [-0.3, -0.25) is 4.79 Å². The highest BCUT2D eigenvalue weighted by Gasteiger charge is 2.32. The van der Waals surface area contributed by atoms with Crippen molar-refractivity contribution < 1.29 is 23.1 Å². The van der Waals surface area contributed by atoms with Crippen LogP contribution in [0.2, 0.25) is 5.02 Å². The van der Waals surface area contributed by atoms with Crippen LogP contribution >= 0.6 is 11.6 Å². The summed E-state index contributed by atoms with van der Waals surface area (Å²) in [4.78, 5) is 10.2. The van der Waals surface area contributed by atoms with Crippen molar-refractivity contribution in [3.8, 4) is 0 Å². The molecule has 0 aromatic heterocycles. The summed E-state index contributed by atoms with van der Waals surface area (Å²) in [5.74, 6) is -1.01. The molecule has 2 nitrogen and oxygen atoms in total. The molecule has 0 aliphatic heterocycles. The van der Waals surface area contributed by atoms with Crippen LogP contribution in [0.1, 0.15) is 17.5 Å². The van der Waals surface area contributed by atoms with Crippen LogP contribution in [0, 0.1) is 0 Å². The Morgan fingerprint density at radius 2 is 2.06 bits per heavy atom. The van der Waals surface area contributed by atoms with Gasteiger partial charge in [0.2, 0.25) is 0 Å². The summed E-state index contributed by atoms with van der Waals surface area (Å²) in [5, 5.41) is 7.96. The number of alkyl halides is 3. The van der Waals surface area contributed by atoms with Gasteiger partial charge in [-0.2, -0.15) is 13.2 Å². The van der Waals surface area contributed by atoms with Crippen molar-refractivity contribution in [2.75, 3.05) is 0 Å². The van der Waals surface area contributed by atoms with Crippen LogP contribution in [-0.2, 0) is 11.0 Å². The zero-order valence-electron chi connectivity index (χ0n) is 8.46. The summed E-state index contributed by atoms with van der Waals surface area (Å²) >= 11 is 5.49. The number of hydrogen-bond acceptors (Lipinski definition) is 1. The molecular weight excluding hydrogens is 257 g/mol. The minimum atomic E-state index is -4.49. The van der Waals surface area contributed by atoms with Gasteiger partial charge in [0.1, 0.15) is 0 Å². The standard InChI is InChI=1S/C11H8ClF3O2/c12-9-6-7(2-1-3-10(16)17)4-5-8(9)11(13,14)15/h1-2,4-6H,3H2,(H,16,17). The van der Waals surface area contributed by atoms with E-state index in [1.807, 2.05) is 0 Å². The lowest BCUT2D eigenvalue weighted by Gasteiger charge is -2.08. The van der Waals surface area contributed by atoms with Crippen molar-refractivity contribution >= 4 is 23.6 Å². The van der Waals surface area contributed by atoms with Gasteiger partial charge in [0, 0.05) is 0 Å². The quantitative estimate of drug-likeness (QED) is 0.900. The second kappa shape index (κ2) is 5.23. The maximum absolute atomic E-state index is 12.4. The Morgan fingerprint density at radius 1 is 1.41 bits per heavy atom. The van der Waals surface area contributed by atoms with E-state index < -0.39 is 22.7 Å². The maximum Gasteiger partial charge on any atom is 0.417 e. The van der Waals surface area contributed by atoms with Crippen molar-refractivity contribution in [2.45, 2.75) is 12.6 Å². The van der Waals surface area contributed by atoms with E-state index in [2.05, 4.69) is 0 Å². The van der Waals surface area contributed by atoms with Crippen molar-refractivity contribution in [3.05, 3.63) is 40.4 Å². The molecule has 1 aromatic rings. The average molecular weight is 265 g/mol. The predicted molar refractivity (Wildman–Crippen MR) is 57.7 cm³/mol. The molecule has 0 aliphatic carbocycles. The highest BCUT2D eigenvalue weighted by molar-refractivity contribution is 6.31. The first-order chi connectivity index (χ1) is 7.80. The van der Waals surface area contributed by atoms with Crippen LogP contribution in [0.15, 0.2) is 24.3 Å². The third-order valence-corrected chi connectivity index (χ3v) is 2.21. The van der Waals surface area contributed by atoms with Gasteiger partial charge < -0.3 is 5.11 Å². The van der Waals surface area contributed by atoms with E-state index in [1.165, 1.54) is 18.2 Å². The summed E-state index contributed by atoms with van der Waals surface area (Å²) in [6.45, 7) is 0. The summed E-state index contributed by atoms with van der Waals surface area (Å²) in [7, 11) is 0. The van der Waals surface area contributed by atoms with Gasteiger partial charge in [-0.05, 0) is 17.7 Å². The number of halogens is 4. The molecule has 0 saturated heterocycles. The zero-order chi connectivity index (χ0) is 13.1. The topological polar surface area (TPSA) is 37.3 Å². The molecule has 0 radical (unpaired) electrons. The molecule has 1 aromatic carbocycles. The first kappa shape index (κ1) is 13.6. The van der Waals surface area contributed by atoms with Gasteiger partial charge in [-0.15, -0.1) is 0 Å². The van der Waals surface area contributed by atoms with E-state index in [0.717, 1.165) is 12.1 Å². The molecule has 0 aliphatic rings. The number of hydrogen-bond donors (Lipinski definition) is 1. The summed E-state index contributed by atoms with van der Waals surface area (Å²) in [6.07, 6.45) is -1.94. The molecule has 0 fully saturated rings. The average Bonchev–Trinajstić information content (AvgIpc) is 2.14. The molecule has 0 bridgehead atoms. The third-order valence-electron chi connectivity index (χ3n) is 1.90. The predicted octanol–water partition coefficient (Wildman–Crippen LogP) is 3.85. The number of benzene rings is 1.